The lowest BCUT2D eigenvalue weighted by molar-refractivity contribution is 0.669. The average Bonchev–Trinajstić information content (AvgIpc) is 3.87. The fraction of sp³-hybridized carbons (Fsp3) is 0.0217. The van der Waals surface area contributed by atoms with Crippen LogP contribution >= 0.6 is 0 Å². The van der Waals surface area contributed by atoms with Crippen molar-refractivity contribution in [2.45, 2.75) is 6.42 Å². The van der Waals surface area contributed by atoms with Crippen molar-refractivity contribution in [1.82, 2.24) is 19.5 Å². The highest BCUT2D eigenvalue weighted by atomic mass is 16.3. The van der Waals surface area contributed by atoms with E-state index in [1.54, 1.807) is 0 Å². The minimum atomic E-state index is 0.567. The van der Waals surface area contributed by atoms with Gasteiger partial charge < -0.3 is 4.42 Å². The highest BCUT2D eigenvalue weighted by molar-refractivity contribution is 6.12. The maximum Gasteiger partial charge on any atom is 0.238 e. The van der Waals surface area contributed by atoms with E-state index < -0.39 is 0 Å². The molecule has 3 heterocycles. The van der Waals surface area contributed by atoms with Gasteiger partial charge in [0.2, 0.25) is 5.95 Å². The first-order valence-corrected chi connectivity index (χ1v) is 17.2. The van der Waals surface area contributed by atoms with E-state index in [0.717, 1.165) is 61.3 Å². The maximum absolute atomic E-state index is 6.27. The number of nitrogens with zero attached hydrogens (tertiary/aromatic N) is 4. The van der Waals surface area contributed by atoms with Gasteiger partial charge in [-0.1, -0.05) is 127 Å². The third kappa shape index (κ3) is 4.25. The number of hydrogen-bond acceptors (Lipinski definition) is 4. The Labute approximate surface area is 293 Å². The van der Waals surface area contributed by atoms with E-state index >= 15 is 0 Å². The maximum atomic E-state index is 6.27. The van der Waals surface area contributed by atoms with Crippen LogP contribution in [-0.4, -0.2) is 19.5 Å². The molecule has 0 fully saturated rings. The van der Waals surface area contributed by atoms with Crippen LogP contribution in [0.3, 0.4) is 0 Å². The van der Waals surface area contributed by atoms with Gasteiger partial charge >= 0.3 is 0 Å². The molecule has 238 valence electrons. The Hall–Kier alpha value is -6.85. The Morgan fingerprint density at radius 1 is 0.451 bits per heavy atom. The summed E-state index contributed by atoms with van der Waals surface area (Å²) in [6.07, 6.45) is 0.967. The van der Waals surface area contributed by atoms with Gasteiger partial charge in [0.05, 0.1) is 11.0 Å². The number of benzene rings is 7. The zero-order valence-corrected chi connectivity index (χ0v) is 27.4. The fourth-order valence-electron chi connectivity index (χ4n) is 8.05. The molecular formula is C46H28N4O. The molecule has 5 nitrogen and oxygen atoms in total. The summed E-state index contributed by atoms with van der Waals surface area (Å²) >= 11 is 0. The number of para-hydroxylation sites is 2. The molecule has 3 aromatic heterocycles. The molecule has 0 saturated heterocycles. The highest BCUT2D eigenvalue weighted by Crippen LogP contribution is 2.44. The highest BCUT2D eigenvalue weighted by Gasteiger charge is 2.24. The molecule has 7 aromatic carbocycles. The van der Waals surface area contributed by atoms with Crippen LogP contribution in [0.5, 0.6) is 0 Å². The predicted octanol–water partition coefficient (Wildman–Crippen LogP) is 11.4. The lowest BCUT2D eigenvalue weighted by Gasteiger charge is -2.12. The van der Waals surface area contributed by atoms with E-state index in [4.69, 9.17) is 19.4 Å². The molecule has 0 saturated carbocycles. The fourth-order valence-corrected chi connectivity index (χ4v) is 8.05. The van der Waals surface area contributed by atoms with Crippen molar-refractivity contribution in [3.63, 3.8) is 0 Å². The summed E-state index contributed by atoms with van der Waals surface area (Å²) in [4.78, 5) is 15.5. The van der Waals surface area contributed by atoms with E-state index in [0.29, 0.717) is 17.6 Å². The number of fused-ring (bicyclic) bond motifs is 9. The van der Waals surface area contributed by atoms with E-state index in [9.17, 15) is 0 Å². The Morgan fingerprint density at radius 2 is 1.14 bits per heavy atom. The summed E-state index contributed by atoms with van der Waals surface area (Å²) in [7, 11) is 0. The smallest absolute Gasteiger partial charge is 0.238 e. The van der Waals surface area contributed by atoms with E-state index in [1.165, 1.54) is 33.4 Å². The monoisotopic (exact) mass is 652 g/mol. The largest absolute Gasteiger partial charge is 0.456 e. The van der Waals surface area contributed by atoms with Crippen molar-refractivity contribution >= 4 is 43.7 Å². The molecular weight excluding hydrogens is 625 g/mol. The van der Waals surface area contributed by atoms with Crippen molar-refractivity contribution in [2.75, 3.05) is 0 Å². The molecule has 0 bridgehead atoms. The predicted molar refractivity (Wildman–Crippen MR) is 206 cm³/mol. The van der Waals surface area contributed by atoms with Crippen LogP contribution in [0.4, 0.5) is 0 Å². The standard InChI is InChI=1S/C46H28N4O/c1-2-12-28(13-3-1)44-47-45(36-20-11-23-41-43(36)35-18-7-9-22-40(35)51-41)49-46(48-44)50-38-21-8-6-17-34(38)37-27-30(24-25-39(37)50)33-19-10-15-31-26-29-14-4-5-16-32(29)42(31)33/h1-25,27H,26H2. The number of furan rings is 1. The second-order valence-electron chi connectivity index (χ2n) is 13.2. The van der Waals surface area contributed by atoms with Crippen molar-refractivity contribution in [1.29, 1.82) is 0 Å². The molecule has 11 rings (SSSR count). The van der Waals surface area contributed by atoms with E-state index in [1.807, 2.05) is 60.7 Å². The SMILES string of the molecule is c1ccc(-c2nc(-c3cccc4oc5ccccc5c34)nc(-n3c4ccccc4c4cc(-c5cccc6c5-c5ccccc5C6)ccc43)n2)cc1. The average molecular weight is 653 g/mol. The van der Waals surface area contributed by atoms with Gasteiger partial charge in [0, 0.05) is 32.7 Å². The van der Waals surface area contributed by atoms with Crippen LogP contribution in [0.25, 0.3) is 94.7 Å². The Balaban J connectivity index is 1.16. The van der Waals surface area contributed by atoms with Crippen molar-refractivity contribution < 1.29 is 4.42 Å². The summed E-state index contributed by atoms with van der Waals surface area (Å²) in [5.74, 6) is 1.77. The lowest BCUT2D eigenvalue weighted by atomic mass is 9.93. The molecule has 0 radical (unpaired) electrons. The third-order valence-corrected chi connectivity index (χ3v) is 10.3. The van der Waals surface area contributed by atoms with Gasteiger partial charge in [-0.2, -0.15) is 9.97 Å². The van der Waals surface area contributed by atoms with Gasteiger partial charge in [-0.15, -0.1) is 0 Å². The molecule has 0 N–H and O–H groups in total. The second-order valence-corrected chi connectivity index (χ2v) is 13.2. The Kier molecular flexibility index (Phi) is 5.95. The van der Waals surface area contributed by atoms with Crippen LogP contribution in [0.2, 0.25) is 0 Å². The lowest BCUT2D eigenvalue weighted by Crippen LogP contribution is -2.06. The van der Waals surface area contributed by atoms with Crippen LogP contribution < -0.4 is 0 Å². The first kappa shape index (κ1) is 28.0. The van der Waals surface area contributed by atoms with Crippen LogP contribution in [0, 0.1) is 0 Å². The van der Waals surface area contributed by atoms with Crippen LogP contribution in [0.1, 0.15) is 11.1 Å². The first-order valence-electron chi connectivity index (χ1n) is 17.2. The summed E-state index contributed by atoms with van der Waals surface area (Å²) < 4.78 is 8.45. The Bertz CT molecular complexity index is 3010. The normalized spacial score (nSPS) is 12.2. The van der Waals surface area contributed by atoms with Crippen molar-refractivity contribution in [3.8, 4) is 51.0 Å². The topological polar surface area (TPSA) is 56.7 Å². The van der Waals surface area contributed by atoms with Crippen molar-refractivity contribution in [2.24, 2.45) is 0 Å². The molecule has 51 heavy (non-hydrogen) atoms. The molecule has 0 spiro atoms. The van der Waals surface area contributed by atoms with Gasteiger partial charge in [0.25, 0.3) is 0 Å². The van der Waals surface area contributed by atoms with E-state index in [2.05, 4.69) is 102 Å². The molecule has 0 unspecified atom stereocenters. The Morgan fingerprint density at radius 3 is 2.08 bits per heavy atom. The van der Waals surface area contributed by atoms with Gasteiger partial charge in [0.1, 0.15) is 11.2 Å². The summed E-state index contributed by atoms with van der Waals surface area (Å²) in [5, 5.41) is 4.32. The minimum Gasteiger partial charge on any atom is -0.456 e. The zero-order valence-electron chi connectivity index (χ0n) is 27.4. The molecule has 0 amide bonds. The molecule has 1 aliphatic carbocycles. The first-order chi connectivity index (χ1) is 25.3. The van der Waals surface area contributed by atoms with Crippen molar-refractivity contribution in [3.05, 3.63) is 169 Å². The summed E-state index contributed by atoms with van der Waals surface area (Å²) in [6, 6.07) is 55.2. The van der Waals surface area contributed by atoms with Gasteiger partial charge in [-0.05, 0) is 70.1 Å². The van der Waals surface area contributed by atoms with E-state index in [-0.39, 0.29) is 0 Å². The number of rotatable bonds is 4. The second kappa shape index (κ2) is 10.8. The van der Waals surface area contributed by atoms with Gasteiger partial charge in [-0.3, -0.25) is 4.57 Å². The minimum absolute atomic E-state index is 0.567. The molecule has 0 aliphatic heterocycles. The molecule has 10 aromatic rings. The third-order valence-electron chi connectivity index (χ3n) is 10.3. The zero-order chi connectivity index (χ0) is 33.5. The number of hydrogen-bond donors (Lipinski definition) is 0. The van der Waals surface area contributed by atoms with Gasteiger partial charge in [0.15, 0.2) is 11.6 Å². The van der Waals surface area contributed by atoms with Gasteiger partial charge in [-0.25, -0.2) is 4.98 Å². The quantitative estimate of drug-likeness (QED) is 0.190. The molecule has 0 atom stereocenters. The summed E-state index contributed by atoms with van der Waals surface area (Å²) in [5.41, 5.74) is 13.4. The molecule has 5 heteroatoms. The molecule has 1 aliphatic rings. The van der Waals surface area contributed by atoms with Crippen LogP contribution in [0.15, 0.2) is 162 Å². The van der Waals surface area contributed by atoms with Crippen LogP contribution in [-0.2, 0) is 6.42 Å². The summed E-state index contributed by atoms with van der Waals surface area (Å²) in [6.45, 7) is 0. The number of aromatic nitrogens is 4.